The molecule has 0 aliphatic rings. The molecule has 1 N–H and O–H groups in total. The number of amides is 2. The lowest BCUT2D eigenvalue weighted by atomic mass is 10.1. The molecule has 2 aromatic carbocycles. The van der Waals surface area contributed by atoms with Gasteiger partial charge < -0.3 is 10.2 Å². The normalized spacial score (nSPS) is 12.8. The fraction of sp³-hybridized carbons (Fsp3) is 0.417. The third kappa shape index (κ3) is 7.69. The maximum Gasteiger partial charge on any atom is 0.242 e. The molecular formula is C24H31ClN2O2S. The van der Waals surface area contributed by atoms with Crippen molar-refractivity contribution in [2.24, 2.45) is 0 Å². The van der Waals surface area contributed by atoms with Gasteiger partial charge in [-0.05, 0) is 50.5 Å². The van der Waals surface area contributed by atoms with E-state index in [1.807, 2.05) is 38.1 Å². The van der Waals surface area contributed by atoms with Crippen molar-refractivity contribution in [1.82, 2.24) is 10.2 Å². The number of aryl methyl sites for hydroxylation is 1. The van der Waals surface area contributed by atoms with Crippen LogP contribution < -0.4 is 5.32 Å². The molecule has 4 nitrogen and oxygen atoms in total. The van der Waals surface area contributed by atoms with Gasteiger partial charge in [0, 0.05) is 23.4 Å². The number of rotatable bonds is 10. The number of nitrogens with one attached hydrogen (secondary N) is 1. The Morgan fingerprint density at radius 3 is 2.47 bits per heavy atom. The number of carbonyl (C=O) groups excluding carboxylic acids is 2. The van der Waals surface area contributed by atoms with E-state index in [2.05, 4.69) is 30.4 Å². The first-order valence-corrected chi connectivity index (χ1v) is 11.8. The van der Waals surface area contributed by atoms with Gasteiger partial charge in [-0.1, -0.05) is 60.5 Å². The Kier molecular flexibility index (Phi) is 9.73. The molecule has 0 saturated carbocycles. The summed E-state index contributed by atoms with van der Waals surface area (Å²) in [6.45, 7) is 8.17. The summed E-state index contributed by atoms with van der Waals surface area (Å²) in [7, 11) is 0. The summed E-state index contributed by atoms with van der Waals surface area (Å²) in [4.78, 5) is 27.4. The molecule has 2 amide bonds. The maximum atomic E-state index is 13.1. The van der Waals surface area contributed by atoms with Crippen molar-refractivity contribution in [2.45, 2.75) is 58.5 Å². The third-order valence-electron chi connectivity index (χ3n) is 4.99. The highest BCUT2D eigenvalue weighted by Gasteiger charge is 2.26. The molecule has 6 heteroatoms. The van der Waals surface area contributed by atoms with E-state index in [9.17, 15) is 9.59 Å². The van der Waals surface area contributed by atoms with Crippen LogP contribution in [0.5, 0.6) is 0 Å². The van der Waals surface area contributed by atoms with Crippen molar-refractivity contribution in [1.29, 1.82) is 0 Å². The van der Waals surface area contributed by atoms with Crippen LogP contribution in [0.25, 0.3) is 0 Å². The van der Waals surface area contributed by atoms with Crippen LogP contribution in [0, 0.1) is 6.92 Å². The molecule has 162 valence electrons. The minimum absolute atomic E-state index is 0.0561. The Labute approximate surface area is 189 Å². The SMILES string of the molecule is CC[C@@H](C)NC(=O)[C@@H](C)N(Cc1cccc(Cl)c1)C(=O)CSCc1cccc(C)c1. The Morgan fingerprint density at radius 1 is 1.10 bits per heavy atom. The van der Waals surface area contributed by atoms with E-state index in [0.717, 1.165) is 17.7 Å². The zero-order chi connectivity index (χ0) is 22.1. The van der Waals surface area contributed by atoms with Crippen LogP contribution >= 0.6 is 23.4 Å². The Balaban J connectivity index is 2.08. The average molecular weight is 447 g/mol. The Morgan fingerprint density at radius 2 is 1.80 bits per heavy atom. The van der Waals surface area contributed by atoms with Crippen LogP contribution in [0.1, 0.15) is 43.9 Å². The number of hydrogen-bond donors (Lipinski definition) is 1. The second kappa shape index (κ2) is 12.0. The van der Waals surface area contributed by atoms with E-state index in [1.54, 1.807) is 29.7 Å². The smallest absolute Gasteiger partial charge is 0.242 e. The second-order valence-electron chi connectivity index (χ2n) is 7.63. The molecule has 0 aromatic heterocycles. The van der Waals surface area contributed by atoms with Crippen LogP contribution in [0.4, 0.5) is 0 Å². The molecule has 30 heavy (non-hydrogen) atoms. The zero-order valence-electron chi connectivity index (χ0n) is 18.2. The van der Waals surface area contributed by atoms with Crippen LogP contribution in [0.3, 0.4) is 0 Å². The zero-order valence-corrected chi connectivity index (χ0v) is 19.7. The predicted molar refractivity (Wildman–Crippen MR) is 127 cm³/mol. The van der Waals surface area contributed by atoms with Gasteiger partial charge in [-0.2, -0.15) is 0 Å². The van der Waals surface area contributed by atoms with E-state index in [-0.39, 0.29) is 17.9 Å². The van der Waals surface area contributed by atoms with E-state index in [0.29, 0.717) is 17.3 Å². The number of halogens is 1. The van der Waals surface area contributed by atoms with Gasteiger partial charge in [-0.25, -0.2) is 0 Å². The van der Waals surface area contributed by atoms with Gasteiger partial charge in [-0.15, -0.1) is 11.8 Å². The first-order valence-electron chi connectivity index (χ1n) is 10.3. The van der Waals surface area contributed by atoms with Crippen molar-refractivity contribution < 1.29 is 9.59 Å². The van der Waals surface area contributed by atoms with Crippen molar-refractivity contribution in [3.8, 4) is 0 Å². The molecule has 2 rings (SSSR count). The highest BCUT2D eigenvalue weighted by Crippen LogP contribution is 2.18. The first-order chi connectivity index (χ1) is 14.3. The largest absolute Gasteiger partial charge is 0.352 e. The van der Waals surface area contributed by atoms with Gasteiger partial charge in [0.15, 0.2) is 0 Å². The first kappa shape index (κ1) is 24.3. The van der Waals surface area contributed by atoms with E-state index in [4.69, 9.17) is 11.6 Å². The summed E-state index contributed by atoms with van der Waals surface area (Å²) in [6, 6.07) is 15.2. The summed E-state index contributed by atoms with van der Waals surface area (Å²) < 4.78 is 0. The second-order valence-corrected chi connectivity index (χ2v) is 9.05. The molecule has 2 aromatic rings. The summed E-state index contributed by atoms with van der Waals surface area (Å²) in [6.07, 6.45) is 0.840. The van der Waals surface area contributed by atoms with Crippen LogP contribution in [-0.4, -0.2) is 34.6 Å². The van der Waals surface area contributed by atoms with E-state index in [1.165, 1.54) is 11.1 Å². The molecule has 2 atom stereocenters. The van der Waals surface area contributed by atoms with Gasteiger partial charge in [0.1, 0.15) is 6.04 Å². The Bertz CT molecular complexity index is 859. The molecule has 0 fully saturated rings. The molecule has 0 aliphatic carbocycles. The number of carbonyl (C=O) groups is 2. The van der Waals surface area contributed by atoms with Crippen LogP contribution in [0.2, 0.25) is 5.02 Å². The van der Waals surface area contributed by atoms with Gasteiger partial charge in [0.2, 0.25) is 11.8 Å². The third-order valence-corrected chi connectivity index (χ3v) is 6.21. The lowest BCUT2D eigenvalue weighted by molar-refractivity contribution is -0.138. The Hall–Kier alpha value is -1.98. The van der Waals surface area contributed by atoms with Gasteiger partial charge >= 0.3 is 0 Å². The highest BCUT2D eigenvalue weighted by atomic mass is 35.5. The van der Waals surface area contributed by atoms with E-state index < -0.39 is 6.04 Å². The summed E-state index contributed by atoms with van der Waals surface area (Å²) >= 11 is 7.68. The fourth-order valence-corrected chi connectivity index (χ4v) is 4.09. The summed E-state index contributed by atoms with van der Waals surface area (Å²) in [5.74, 6) is 0.879. The molecule has 0 saturated heterocycles. The topological polar surface area (TPSA) is 49.4 Å². The highest BCUT2D eigenvalue weighted by molar-refractivity contribution is 7.99. The molecule has 0 radical (unpaired) electrons. The minimum Gasteiger partial charge on any atom is -0.352 e. The molecule has 0 aliphatic heterocycles. The maximum absolute atomic E-state index is 13.1. The summed E-state index contributed by atoms with van der Waals surface area (Å²) in [5.41, 5.74) is 3.30. The average Bonchev–Trinajstić information content (AvgIpc) is 2.71. The molecular weight excluding hydrogens is 416 g/mol. The van der Waals surface area contributed by atoms with Gasteiger partial charge in [0.05, 0.1) is 5.75 Å². The van der Waals surface area contributed by atoms with Crippen LogP contribution in [0.15, 0.2) is 48.5 Å². The molecule has 0 bridgehead atoms. The lowest BCUT2D eigenvalue weighted by Crippen LogP contribution is -2.50. The monoisotopic (exact) mass is 446 g/mol. The van der Waals surface area contributed by atoms with Crippen molar-refractivity contribution in [3.05, 3.63) is 70.2 Å². The van der Waals surface area contributed by atoms with Crippen molar-refractivity contribution >= 4 is 35.2 Å². The molecule has 0 heterocycles. The lowest BCUT2D eigenvalue weighted by Gasteiger charge is -2.29. The quantitative estimate of drug-likeness (QED) is 0.544. The van der Waals surface area contributed by atoms with Crippen LogP contribution in [-0.2, 0) is 21.9 Å². The summed E-state index contributed by atoms with van der Waals surface area (Å²) in [5, 5.41) is 3.60. The fourth-order valence-electron chi connectivity index (χ4n) is 3.02. The number of thioether (sulfide) groups is 1. The minimum atomic E-state index is -0.565. The van der Waals surface area contributed by atoms with Gasteiger partial charge in [-0.3, -0.25) is 9.59 Å². The standard InChI is InChI=1S/C24H31ClN2O2S/c1-5-18(3)26-24(29)19(4)27(14-20-9-7-11-22(25)13-20)23(28)16-30-15-21-10-6-8-17(2)12-21/h6-13,18-19H,5,14-16H2,1-4H3,(H,26,29)/t18-,19-/m1/s1. The number of nitrogens with zero attached hydrogens (tertiary/aromatic N) is 1. The number of benzene rings is 2. The predicted octanol–water partition coefficient (Wildman–Crippen LogP) is 5.21. The molecule has 0 spiro atoms. The van der Waals surface area contributed by atoms with Crippen molar-refractivity contribution in [2.75, 3.05) is 5.75 Å². The van der Waals surface area contributed by atoms with Gasteiger partial charge in [0.25, 0.3) is 0 Å². The molecule has 0 unspecified atom stereocenters. The van der Waals surface area contributed by atoms with E-state index >= 15 is 0 Å². The van der Waals surface area contributed by atoms with Crippen molar-refractivity contribution in [3.63, 3.8) is 0 Å². The number of hydrogen-bond acceptors (Lipinski definition) is 3.